The molecule has 0 unspecified atom stereocenters. The number of rotatable bonds is 4. The number of aliphatic hydroxyl groups excluding tert-OH is 1. The summed E-state index contributed by atoms with van der Waals surface area (Å²) in [6.07, 6.45) is 6.88. The SMILES string of the molecule is CC1CCC(CO)(NC(=O)C=Cc2ccc(O)cc2)CC1. The second kappa shape index (κ2) is 6.76. The molecular formula is C17H23NO3. The first kappa shape index (κ1) is 15.6. The second-order valence-electron chi connectivity index (χ2n) is 6.04. The zero-order chi connectivity index (χ0) is 15.3. The van der Waals surface area contributed by atoms with E-state index < -0.39 is 5.54 Å². The van der Waals surface area contributed by atoms with E-state index in [9.17, 15) is 15.0 Å². The number of hydrogen-bond acceptors (Lipinski definition) is 3. The van der Waals surface area contributed by atoms with Gasteiger partial charge in [0.25, 0.3) is 0 Å². The molecule has 1 aromatic carbocycles. The van der Waals surface area contributed by atoms with Crippen molar-refractivity contribution in [2.24, 2.45) is 5.92 Å². The first-order chi connectivity index (χ1) is 10.0. The van der Waals surface area contributed by atoms with Crippen molar-refractivity contribution >= 4 is 12.0 Å². The molecule has 0 spiro atoms. The number of carbonyl (C=O) groups excluding carboxylic acids is 1. The highest BCUT2D eigenvalue weighted by Crippen LogP contribution is 2.31. The molecule has 1 aromatic rings. The van der Waals surface area contributed by atoms with E-state index in [2.05, 4.69) is 12.2 Å². The van der Waals surface area contributed by atoms with Gasteiger partial charge in [0, 0.05) is 6.08 Å². The van der Waals surface area contributed by atoms with Gasteiger partial charge in [-0.05, 0) is 55.4 Å². The molecular weight excluding hydrogens is 266 g/mol. The van der Waals surface area contributed by atoms with Gasteiger partial charge in [0.05, 0.1) is 12.1 Å². The summed E-state index contributed by atoms with van der Waals surface area (Å²) in [5, 5.41) is 21.8. The first-order valence-electron chi connectivity index (χ1n) is 7.43. The average Bonchev–Trinajstić information content (AvgIpc) is 2.49. The normalized spacial score (nSPS) is 25.9. The van der Waals surface area contributed by atoms with Crippen molar-refractivity contribution in [1.29, 1.82) is 0 Å². The Hall–Kier alpha value is -1.81. The van der Waals surface area contributed by atoms with Crippen LogP contribution in [0.5, 0.6) is 5.75 Å². The maximum absolute atomic E-state index is 12.0. The molecule has 0 radical (unpaired) electrons. The van der Waals surface area contributed by atoms with Crippen molar-refractivity contribution in [3.63, 3.8) is 0 Å². The molecule has 1 saturated carbocycles. The van der Waals surface area contributed by atoms with Crippen LogP contribution in [-0.4, -0.2) is 28.3 Å². The topological polar surface area (TPSA) is 69.6 Å². The third-order valence-corrected chi connectivity index (χ3v) is 4.24. The maximum atomic E-state index is 12.0. The Bertz CT molecular complexity index is 499. The number of benzene rings is 1. The van der Waals surface area contributed by atoms with Gasteiger partial charge in [-0.1, -0.05) is 19.1 Å². The van der Waals surface area contributed by atoms with Crippen LogP contribution in [-0.2, 0) is 4.79 Å². The fraction of sp³-hybridized carbons (Fsp3) is 0.471. The lowest BCUT2D eigenvalue weighted by atomic mass is 9.77. The second-order valence-corrected chi connectivity index (χ2v) is 6.04. The Balaban J connectivity index is 1.95. The van der Waals surface area contributed by atoms with E-state index in [1.54, 1.807) is 30.3 Å². The summed E-state index contributed by atoms with van der Waals surface area (Å²) in [6, 6.07) is 6.64. The summed E-state index contributed by atoms with van der Waals surface area (Å²) in [5.41, 5.74) is 0.376. The molecule has 0 saturated heterocycles. The first-order valence-corrected chi connectivity index (χ1v) is 7.43. The number of nitrogens with one attached hydrogen (secondary N) is 1. The van der Waals surface area contributed by atoms with E-state index in [4.69, 9.17) is 0 Å². The predicted octanol–water partition coefficient (Wildman–Crippen LogP) is 2.46. The monoisotopic (exact) mass is 289 g/mol. The van der Waals surface area contributed by atoms with Crippen LogP contribution in [0.25, 0.3) is 6.08 Å². The van der Waals surface area contributed by atoms with Crippen molar-refractivity contribution in [3.05, 3.63) is 35.9 Å². The van der Waals surface area contributed by atoms with Gasteiger partial charge in [-0.2, -0.15) is 0 Å². The molecule has 4 heteroatoms. The van der Waals surface area contributed by atoms with Gasteiger partial charge >= 0.3 is 0 Å². The predicted molar refractivity (Wildman–Crippen MR) is 82.7 cm³/mol. The standard InChI is InChI=1S/C17H23NO3/c1-13-8-10-17(12-19,11-9-13)18-16(21)7-4-14-2-5-15(20)6-3-14/h2-7,13,19-20H,8-12H2,1H3,(H,18,21). The maximum Gasteiger partial charge on any atom is 0.244 e. The van der Waals surface area contributed by atoms with Crippen LogP contribution in [0.1, 0.15) is 38.2 Å². The molecule has 3 N–H and O–H groups in total. The van der Waals surface area contributed by atoms with Crippen LogP contribution in [0.3, 0.4) is 0 Å². The van der Waals surface area contributed by atoms with Crippen LogP contribution in [0.4, 0.5) is 0 Å². The van der Waals surface area contributed by atoms with Gasteiger partial charge in [-0.15, -0.1) is 0 Å². The van der Waals surface area contributed by atoms with Crippen LogP contribution in [0.15, 0.2) is 30.3 Å². The highest BCUT2D eigenvalue weighted by molar-refractivity contribution is 5.92. The van der Waals surface area contributed by atoms with Crippen molar-refractivity contribution in [1.82, 2.24) is 5.32 Å². The van der Waals surface area contributed by atoms with Gasteiger partial charge in [0.2, 0.25) is 5.91 Å². The average molecular weight is 289 g/mol. The molecule has 0 aliphatic heterocycles. The van der Waals surface area contributed by atoms with E-state index in [-0.39, 0.29) is 18.3 Å². The fourth-order valence-electron chi connectivity index (χ4n) is 2.70. The lowest BCUT2D eigenvalue weighted by Gasteiger charge is -2.38. The van der Waals surface area contributed by atoms with Gasteiger partial charge in [0.1, 0.15) is 5.75 Å². The Morgan fingerprint density at radius 2 is 1.95 bits per heavy atom. The van der Waals surface area contributed by atoms with Gasteiger partial charge in [0.15, 0.2) is 0 Å². The summed E-state index contributed by atoms with van der Waals surface area (Å²) in [6.45, 7) is 2.19. The van der Waals surface area contributed by atoms with E-state index in [0.29, 0.717) is 5.92 Å². The van der Waals surface area contributed by atoms with Crippen molar-refractivity contribution in [2.45, 2.75) is 38.1 Å². The Labute approximate surface area is 125 Å². The molecule has 21 heavy (non-hydrogen) atoms. The summed E-state index contributed by atoms with van der Waals surface area (Å²) in [5.74, 6) is 0.674. The minimum absolute atomic E-state index is 0.0154. The summed E-state index contributed by atoms with van der Waals surface area (Å²) in [4.78, 5) is 12.0. The van der Waals surface area contributed by atoms with Crippen molar-refractivity contribution < 1.29 is 15.0 Å². The molecule has 1 aliphatic carbocycles. The van der Waals surface area contributed by atoms with Crippen molar-refractivity contribution in [2.75, 3.05) is 6.61 Å². The number of phenolic OH excluding ortho intramolecular Hbond substituents is 1. The molecule has 4 nitrogen and oxygen atoms in total. The van der Waals surface area contributed by atoms with E-state index >= 15 is 0 Å². The minimum atomic E-state index is -0.469. The number of carbonyl (C=O) groups is 1. The number of amides is 1. The molecule has 1 fully saturated rings. The number of phenols is 1. The number of aliphatic hydroxyl groups is 1. The Kier molecular flexibility index (Phi) is 5.02. The smallest absolute Gasteiger partial charge is 0.244 e. The Morgan fingerprint density at radius 1 is 1.33 bits per heavy atom. The molecule has 114 valence electrons. The quantitative estimate of drug-likeness (QED) is 0.746. The highest BCUT2D eigenvalue weighted by Gasteiger charge is 2.34. The van der Waals surface area contributed by atoms with E-state index in [1.165, 1.54) is 6.08 Å². The molecule has 1 amide bonds. The van der Waals surface area contributed by atoms with Crippen LogP contribution >= 0.6 is 0 Å². The largest absolute Gasteiger partial charge is 0.508 e. The fourth-order valence-corrected chi connectivity index (χ4v) is 2.70. The lowest BCUT2D eigenvalue weighted by Crippen LogP contribution is -2.52. The van der Waals surface area contributed by atoms with Crippen LogP contribution in [0, 0.1) is 5.92 Å². The van der Waals surface area contributed by atoms with E-state index in [1.807, 2.05) is 0 Å². The summed E-state index contributed by atoms with van der Waals surface area (Å²) in [7, 11) is 0. The van der Waals surface area contributed by atoms with E-state index in [0.717, 1.165) is 31.2 Å². The number of aromatic hydroxyl groups is 1. The molecule has 0 heterocycles. The summed E-state index contributed by atoms with van der Waals surface area (Å²) < 4.78 is 0. The third-order valence-electron chi connectivity index (χ3n) is 4.24. The summed E-state index contributed by atoms with van der Waals surface area (Å²) >= 11 is 0. The third kappa shape index (κ3) is 4.33. The molecule has 0 aromatic heterocycles. The van der Waals surface area contributed by atoms with Crippen LogP contribution < -0.4 is 5.32 Å². The van der Waals surface area contributed by atoms with Gasteiger partial charge < -0.3 is 15.5 Å². The Morgan fingerprint density at radius 3 is 2.52 bits per heavy atom. The van der Waals surface area contributed by atoms with Crippen molar-refractivity contribution in [3.8, 4) is 5.75 Å². The number of hydrogen-bond donors (Lipinski definition) is 3. The zero-order valence-electron chi connectivity index (χ0n) is 12.4. The molecule has 0 bridgehead atoms. The lowest BCUT2D eigenvalue weighted by molar-refractivity contribution is -0.119. The molecule has 0 atom stereocenters. The zero-order valence-corrected chi connectivity index (χ0v) is 12.4. The highest BCUT2D eigenvalue weighted by atomic mass is 16.3. The van der Waals surface area contributed by atoms with Gasteiger partial charge in [-0.25, -0.2) is 0 Å². The molecule has 1 aliphatic rings. The minimum Gasteiger partial charge on any atom is -0.508 e. The van der Waals surface area contributed by atoms with Crippen LogP contribution in [0.2, 0.25) is 0 Å². The van der Waals surface area contributed by atoms with Gasteiger partial charge in [-0.3, -0.25) is 4.79 Å². The molecule has 2 rings (SSSR count).